The number of carboxylic acids is 1. The average Bonchev–Trinajstić information content (AvgIpc) is 2.27. The van der Waals surface area contributed by atoms with E-state index in [0.29, 0.717) is 0 Å². The minimum absolute atomic E-state index is 0.112. The van der Waals surface area contributed by atoms with Crippen LogP contribution in [0.25, 0.3) is 0 Å². The maximum Gasteiger partial charge on any atom is 0.408 e. The predicted molar refractivity (Wildman–Crippen MR) is 62.8 cm³/mol. The van der Waals surface area contributed by atoms with Gasteiger partial charge >= 0.3 is 12.1 Å². The van der Waals surface area contributed by atoms with E-state index >= 15 is 0 Å². The molecule has 2 rings (SSSR count). The van der Waals surface area contributed by atoms with E-state index in [0.717, 1.165) is 20.5 Å². The lowest BCUT2D eigenvalue weighted by molar-refractivity contribution is -0.143. The third-order valence-electron chi connectivity index (χ3n) is 2.86. The van der Waals surface area contributed by atoms with Crippen molar-refractivity contribution in [3.05, 3.63) is 33.8 Å². The molecular weight excluding hydrogens is 290 g/mol. The van der Waals surface area contributed by atoms with Crippen molar-refractivity contribution in [2.75, 3.05) is 0 Å². The Hall–Kier alpha value is -1.56. The first-order valence-corrected chi connectivity index (χ1v) is 5.78. The van der Waals surface area contributed by atoms with Gasteiger partial charge in [-0.15, -0.1) is 0 Å². The topological polar surface area (TPSA) is 77.8 Å². The molecule has 2 N–H and O–H groups in total. The number of aliphatic carboxylic acids is 1. The van der Waals surface area contributed by atoms with E-state index in [-0.39, 0.29) is 13.0 Å². The fraction of sp³-hybridized carbons (Fsp3) is 0.273. The summed E-state index contributed by atoms with van der Waals surface area (Å²) in [6.45, 7) is 0.112. The Kier molecular flexibility index (Phi) is 3.06. The van der Waals surface area contributed by atoms with E-state index in [1.807, 2.05) is 18.2 Å². The number of nitrogens with zero attached hydrogens (tertiary/aromatic N) is 1. The Morgan fingerprint density at radius 1 is 1.35 bits per heavy atom. The van der Waals surface area contributed by atoms with Crippen molar-refractivity contribution in [3.63, 3.8) is 0 Å². The number of halogens is 1. The monoisotopic (exact) mass is 299 g/mol. The van der Waals surface area contributed by atoms with Crippen LogP contribution < -0.4 is 0 Å². The molecule has 0 aliphatic carbocycles. The lowest BCUT2D eigenvalue weighted by Crippen LogP contribution is -2.48. The van der Waals surface area contributed by atoms with Crippen LogP contribution >= 0.6 is 15.9 Å². The first kappa shape index (κ1) is 11.9. The van der Waals surface area contributed by atoms with E-state index < -0.39 is 18.1 Å². The van der Waals surface area contributed by atoms with Gasteiger partial charge in [-0.2, -0.15) is 0 Å². The zero-order valence-corrected chi connectivity index (χ0v) is 10.3. The van der Waals surface area contributed by atoms with Crippen LogP contribution in [0.5, 0.6) is 0 Å². The first-order chi connectivity index (χ1) is 8.00. The number of benzene rings is 1. The Morgan fingerprint density at radius 2 is 2.06 bits per heavy atom. The molecule has 5 nitrogen and oxygen atoms in total. The number of rotatable bonds is 1. The molecule has 1 amide bonds. The Morgan fingerprint density at radius 3 is 2.65 bits per heavy atom. The van der Waals surface area contributed by atoms with Gasteiger partial charge in [-0.1, -0.05) is 28.1 Å². The van der Waals surface area contributed by atoms with Crippen molar-refractivity contribution in [3.8, 4) is 0 Å². The quantitative estimate of drug-likeness (QED) is 0.831. The number of carbonyl (C=O) groups is 2. The van der Waals surface area contributed by atoms with Crippen LogP contribution in [0.4, 0.5) is 4.79 Å². The van der Waals surface area contributed by atoms with Crippen LogP contribution in [-0.4, -0.2) is 33.2 Å². The summed E-state index contributed by atoms with van der Waals surface area (Å²) in [6, 6.07) is 4.44. The van der Waals surface area contributed by atoms with Crippen LogP contribution in [0.1, 0.15) is 11.1 Å². The molecule has 1 atom stereocenters. The summed E-state index contributed by atoms with van der Waals surface area (Å²) < 4.78 is 0.825. The average molecular weight is 300 g/mol. The van der Waals surface area contributed by atoms with Gasteiger partial charge in [0.1, 0.15) is 6.04 Å². The lowest BCUT2D eigenvalue weighted by atomic mass is 9.94. The van der Waals surface area contributed by atoms with Crippen molar-refractivity contribution in [1.82, 2.24) is 4.90 Å². The summed E-state index contributed by atoms with van der Waals surface area (Å²) in [6.07, 6.45) is -1.01. The molecule has 0 fully saturated rings. The molecule has 1 aromatic carbocycles. The highest BCUT2D eigenvalue weighted by Crippen LogP contribution is 2.29. The highest BCUT2D eigenvalue weighted by Gasteiger charge is 2.35. The van der Waals surface area contributed by atoms with Gasteiger partial charge in [0.05, 0.1) is 6.54 Å². The van der Waals surface area contributed by atoms with Gasteiger partial charge in [0.2, 0.25) is 0 Å². The van der Waals surface area contributed by atoms with Gasteiger partial charge in [-0.3, -0.25) is 4.90 Å². The molecule has 1 aliphatic rings. The second-order valence-corrected chi connectivity index (χ2v) is 4.70. The molecule has 1 aromatic rings. The summed E-state index contributed by atoms with van der Waals surface area (Å²) in [5, 5.41) is 18.1. The van der Waals surface area contributed by atoms with Gasteiger partial charge in [0.15, 0.2) is 0 Å². The van der Waals surface area contributed by atoms with E-state index in [1.54, 1.807) is 0 Å². The predicted octanol–water partition coefficient (Wildman–Crippen LogP) is 1.94. The molecule has 90 valence electrons. The molecular formula is C11H10BrNO4. The van der Waals surface area contributed by atoms with E-state index in [9.17, 15) is 9.59 Å². The van der Waals surface area contributed by atoms with Gasteiger partial charge < -0.3 is 10.2 Å². The first-order valence-electron chi connectivity index (χ1n) is 4.99. The number of hydrogen-bond donors (Lipinski definition) is 2. The molecule has 6 heteroatoms. The fourth-order valence-electron chi connectivity index (χ4n) is 2.00. The van der Waals surface area contributed by atoms with Gasteiger partial charge in [0, 0.05) is 10.9 Å². The molecule has 17 heavy (non-hydrogen) atoms. The standard InChI is InChI=1S/C11H10BrNO4/c12-8-3-1-2-6-5-13(11(16)17)9(10(14)15)4-7(6)8/h1-3,9H,4-5H2,(H,14,15)(H,16,17)/t9-/m1/s1. The highest BCUT2D eigenvalue weighted by atomic mass is 79.9. The summed E-state index contributed by atoms with van der Waals surface area (Å²) in [4.78, 5) is 23.0. The lowest BCUT2D eigenvalue weighted by Gasteiger charge is -2.32. The Bertz CT molecular complexity index is 488. The summed E-state index contributed by atoms with van der Waals surface area (Å²) >= 11 is 3.36. The van der Waals surface area contributed by atoms with Crippen LogP contribution in [0.3, 0.4) is 0 Å². The molecule has 1 heterocycles. The number of hydrogen-bond acceptors (Lipinski definition) is 2. The molecule has 0 radical (unpaired) electrons. The van der Waals surface area contributed by atoms with Gasteiger partial charge in [-0.05, 0) is 17.2 Å². The highest BCUT2D eigenvalue weighted by molar-refractivity contribution is 9.10. The summed E-state index contributed by atoms with van der Waals surface area (Å²) in [7, 11) is 0. The number of fused-ring (bicyclic) bond motifs is 1. The third-order valence-corrected chi connectivity index (χ3v) is 3.60. The minimum atomic E-state index is -1.21. The number of carboxylic acid groups (broad SMARTS) is 2. The van der Waals surface area contributed by atoms with Crippen LogP contribution in [0, 0.1) is 0 Å². The number of amides is 1. The zero-order chi connectivity index (χ0) is 12.6. The van der Waals surface area contributed by atoms with Crippen LogP contribution in [0.15, 0.2) is 22.7 Å². The van der Waals surface area contributed by atoms with Gasteiger partial charge in [0.25, 0.3) is 0 Å². The van der Waals surface area contributed by atoms with Crippen molar-refractivity contribution in [1.29, 1.82) is 0 Å². The normalized spacial score (nSPS) is 18.6. The van der Waals surface area contributed by atoms with E-state index in [4.69, 9.17) is 10.2 Å². The third kappa shape index (κ3) is 2.12. The molecule has 0 unspecified atom stereocenters. The zero-order valence-electron chi connectivity index (χ0n) is 8.76. The Balaban J connectivity index is 2.43. The largest absolute Gasteiger partial charge is 0.480 e. The fourth-order valence-corrected chi connectivity index (χ4v) is 2.57. The van der Waals surface area contributed by atoms with Crippen LogP contribution in [0.2, 0.25) is 0 Å². The maximum absolute atomic E-state index is 11.1. The molecule has 1 aliphatic heterocycles. The van der Waals surface area contributed by atoms with Crippen molar-refractivity contribution >= 4 is 28.0 Å². The van der Waals surface area contributed by atoms with E-state index in [2.05, 4.69) is 15.9 Å². The molecule has 0 aromatic heterocycles. The smallest absolute Gasteiger partial charge is 0.408 e. The molecule has 0 saturated heterocycles. The molecule has 0 spiro atoms. The second kappa shape index (κ2) is 4.37. The van der Waals surface area contributed by atoms with Crippen LogP contribution in [-0.2, 0) is 17.8 Å². The van der Waals surface area contributed by atoms with Crippen molar-refractivity contribution in [2.24, 2.45) is 0 Å². The molecule has 0 bridgehead atoms. The van der Waals surface area contributed by atoms with Gasteiger partial charge in [-0.25, -0.2) is 9.59 Å². The summed E-state index contributed by atoms with van der Waals surface area (Å²) in [5.74, 6) is -1.12. The Labute approximate surface area is 106 Å². The van der Waals surface area contributed by atoms with Crippen molar-refractivity contribution in [2.45, 2.75) is 19.0 Å². The minimum Gasteiger partial charge on any atom is -0.480 e. The maximum atomic E-state index is 11.1. The second-order valence-electron chi connectivity index (χ2n) is 3.85. The molecule has 0 saturated carbocycles. The van der Waals surface area contributed by atoms with E-state index in [1.165, 1.54) is 0 Å². The SMILES string of the molecule is O=C(O)[C@H]1Cc2c(Br)cccc2CN1C(=O)O. The van der Waals surface area contributed by atoms with Crippen molar-refractivity contribution < 1.29 is 19.8 Å². The summed E-state index contributed by atoms with van der Waals surface area (Å²) in [5.41, 5.74) is 1.72.